The molecule has 0 fully saturated rings. The number of thiazole rings is 1. The van der Waals surface area contributed by atoms with Gasteiger partial charge in [0.25, 0.3) is 0 Å². The summed E-state index contributed by atoms with van der Waals surface area (Å²) in [6.45, 7) is 8.68. The molecule has 6 heteroatoms. The molecule has 2 amide bonds. The highest BCUT2D eigenvalue weighted by Crippen LogP contribution is 2.40. The summed E-state index contributed by atoms with van der Waals surface area (Å²) in [7, 11) is 0. The molecule has 0 spiro atoms. The van der Waals surface area contributed by atoms with Gasteiger partial charge in [-0.05, 0) is 31.9 Å². The molecule has 3 rings (SSSR count). The van der Waals surface area contributed by atoms with Crippen LogP contribution in [0.1, 0.15) is 49.2 Å². The average molecular weight is 372 g/mol. The molecule has 1 N–H and O–H groups in total. The van der Waals surface area contributed by atoms with Crippen LogP contribution >= 0.6 is 11.3 Å². The monoisotopic (exact) mass is 371 g/mol. The molecular formula is C20H25N3O2S. The zero-order valence-corrected chi connectivity index (χ0v) is 16.6. The molecule has 26 heavy (non-hydrogen) atoms. The lowest BCUT2D eigenvalue weighted by molar-refractivity contribution is -0.120. The molecule has 1 aliphatic heterocycles. The van der Waals surface area contributed by atoms with E-state index in [-0.39, 0.29) is 17.2 Å². The summed E-state index contributed by atoms with van der Waals surface area (Å²) >= 11 is 1.49. The Bertz CT molecular complexity index is 822. The van der Waals surface area contributed by atoms with E-state index >= 15 is 0 Å². The summed E-state index contributed by atoms with van der Waals surface area (Å²) < 4.78 is 0. The minimum Gasteiger partial charge on any atom is -0.312 e. The van der Waals surface area contributed by atoms with Crippen LogP contribution in [0.5, 0.6) is 0 Å². The lowest BCUT2D eigenvalue weighted by Gasteiger charge is -2.38. The van der Waals surface area contributed by atoms with E-state index in [0.717, 1.165) is 16.3 Å². The lowest BCUT2D eigenvalue weighted by Crippen LogP contribution is -2.42. The molecule has 2 heterocycles. The number of benzene rings is 1. The molecule has 0 saturated carbocycles. The molecule has 1 aromatic carbocycles. The number of carbonyl (C=O) groups is 2. The van der Waals surface area contributed by atoms with Crippen molar-refractivity contribution >= 4 is 34.0 Å². The Hall–Kier alpha value is -2.21. The van der Waals surface area contributed by atoms with Gasteiger partial charge >= 0.3 is 0 Å². The third-order valence-corrected chi connectivity index (χ3v) is 5.87. The normalized spacial score (nSPS) is 15.7. The third kappa shape index (κ3) is 3.80. The molecule has 0 saturated heterocycles. The van der Waals surface area contributed by atoms with Gasteiger partial charge in [0.1, 0.15) is 0 Å². The summed E-state index contributed by atoms with van der Waals surface area (Å²) in [4.78, 5) is 32.0. The average Bonchev–Trinajstić information content (AvgIpc) is 2.87. The van der Waals surface area contributed by atoms with E-state index in [1.807, 2.05) is 36.9 Å². The predicted octanol–water partition coefficient (Wildman–Crippen LogP) is 4.19. The van der Waals surface area contributed by atoms with Crippen LogP contribution in [0, 0.1) is 13.8 Å². The van der Waals surface area contributed by atoms with Gasteiger partial charge in [-0.1, -0.05) is 32.0 Å². The molecule has 1 aromatic heterocycles. The zero-order valence-electron chi connectivity index (χ0n) is 15.8. The van der Waals surface area contributed by atoms with Crippen molar-refractivity contribution in [2.75, 3.05) is 16.8 Å². The number of aryl methyl sites for hydroxylation is 2. The highest BCUT2D eigenvalue weighted by atomic mass is 32.1. The Morgan fingerprint density at radius 3 is 2.73 bits per heavy atom. The molecule has 0 aliphatic carbocycles. The molecular weight excluding hydrogens is 346 g/mol. The van der Waals surface area contributed by atoms with Gasteiger partial charge in [-0.3, -0.25) is 9.59 Å². The van der Waals surface area contributed by atoms with Gasteiger partial charge in [0.2, 0.25) is 11.8 Å². The number of para-hydroxylation sites is 1. The number of hydrogen-bond acceptors (Lipinski definition) is 4. The molecule has 0 bridgehead atoms. The number of nitrogens with one attached hydrogen (secondary N) is 1. The molecule has 0 radical (unpaired) electrons. The van der Waals surface area contributed by atoms with Gasteiger partial charge in [0.15, 0.2) is 5.13 Å². The maximum atomic E-state index is 12.6. The van der Waals surface area contributed by atoms with Crippen LogP contribution in [-0.4, -0.2) is 23.3 Å². The summed E-state index contributed by atoms with van der Waals surface area (Å²) in [5.41, 5.74) is 2.96. The van der Waals surface area contributed by atoms with Crippen LogP contribution in [-0.2, 0) is 15.0 Å². The topological polar surface area (TPSA) is 62.3 Å². The second-order valence-electron chi connectivity index (χ2n) is 7.44. The fourth-order valence-corrected chi connectivity index (χ4v) is 4.17. The largest absolute Gasteiger partial charge is 0.312 e. The van der Waals surface area contributed by atoms with E-state index < -0.39 is 0 Å². The molecule has 0 atom stereocenters. The van der Waals surface area contributed by atoms with Crippen molar-refractivity contribution in [1.29, 1.82) is 0 Å². The third-order valence-electron chi connectivity index (χ3n) is 4.88. The van der Waals surface area contributed by atoms with E-state index in [1.54, 1.807) is 0 Å². The van der Waals surface area contributed by atoms with Crippen molar-refractivity contribution in [3.8, 4) is 0 Å². The summed E-state index contributed by atoms with van der Waals surface area (Å²) in [5, 5.41) is 3.49. The van der Waals surface area contributed by atoms with Gasteiger partial charge in [-0.25, -0.2) is 4.98 Å². The summed E-state index contributed by atoms with van der Waals surface area (Å²) in [6.07, 6.45) is 1.48. The number of aromatic nitrogens is 1. The first-order chi connectivity index (χ1) is 12.3. The Kier molecular flexibility index (Phi) is 5.14. The number of rotatable bonds is 5. The van der Waals surface area contributed by atoms with Crippen LogP contribution in [0.3, 0.4) is 0 Å². The first-order valence-corrected chi connectivity index (χ1v) is 9.73. The molecule has 2 aromatic rings. The molecule has 5 nitrogen and oxygen atoms in total. The SMILES string of the molecule is Cc1nc(NC(=O)CCCN2C(=O)CC(C)(C)c3ccccc32)sc1C. The second kappa shape index (κ2) is 7.19. The van der Waals surface area contributed by atoms with Crippen LogP contribution in [0.2, 0.25) is 0 Å². The van der Waals surface area contributed by atoms with Crippen molar-refractivity contribution in [2.24, 2.45) is 0 Å². The van der Waals surface area contributed by atoms with Gasteiger partial charge in [0, 0.05) is 35.4 Å². The number of amides is 2. The summed E-state index contributed by atoms with van der Waals surface area (Å²) in [6, 6.07) is 8.06. The highest BCUT2D eigenvalue weighted by molar-refractivity contribution is 7.15. The first kappa shape index (κ1) is 18.6. The quantitative estimate of drug-likeness (QED) is 0.857. The van der Waals surface area contributed by atoms with Crippen molar-refractivity contribution in [3.05, 3.63) is 40.4 Å². The number of nitrogens with zero attached hydrogens (tertiary/aromatic N) is 2. The van der Waals surface area contributed by atoms with E-state index in [0.29, 0.717) is 30.9 Å². The fraction of sp³-hybridized carbons (Fsp3) is 0.450. The molecule has 138 valence electrons. The molecule has 0 unspecified atom stereocenters. The highest BCUT2D eigenvalue weighted by Gasteiger charge is 2.35. The smallest absolute Gasteiger partial charge is 0.227 e. The zero-order chi connectivity index (χ0) is 18.9. The Morgan fingerprint density at radius 2 is 2.04 bits per heavy atom. The van der Waals surface area contributed by atoms with Crippen LogP contribution in [0.25, 0.3) is 0 Å². The Morgan fingerprint density at radius 1 is 1.31 bits per heavy atom. The Balaban J connectivity index is 1.61. The first-order valence-electron chi connectivity index (χ1n) is 8.92. The van der Waals surface area contributed by atoms with Crippen LogP contribution < -0.4 is 10.2 Å². The van der Waals surface area contributed by atoms with Crippen molar-refractivity contribution < 1.29 is 9.59 Å². The lowest BCUT2D eigenvalue weighted by atomic mass is 9.77. The number of anilines is 2. The minimum atomic E-state index is -0.151. The van der Waals surface area contributed by atoms with Gasteiger partial charge in [-0.2, -0.15) is 0 Å². The van der Waals surface area contributed by atoms with E-state index in [9.17, 15) is 9.59 Å². The van der Waals surface area contributed by atoms with Gasteiger partial charge in [0.05, 0.1) is 5.69 Å². The van der Waals surface area contributed by atoms with E-state index in [1.165, 1.54) is 16.9 Å². The standard InChI is InChI=1S/C20H25N3O2S/c1-13-14(2)26-19(21-13)22-17(24)10-7-11-23-16-9-6-5-8-15(16)20(3,4)12-18(23)25/h5-6,8-9H,7,10-12H2,1-4H3,(H,21,22,24). The van der Waals surface area contributed by atoms with Crippen LogP contribution in [0.15, 0.2) is 24.3 Å². The maximum Gasteiger partial charge on any atom is 0.227 e. The van der Waals surface area contributed by atoms with Crippen molar-refractivity contribution in [2.45, 2.75) is 52.4 Å². The molecule has 1 aliphatic rings. The van der Waals surface area contributed by atoms with E-state index in [4.69, 9.17) is 0 Å². The predicted molar refractivity (Wildman–Crippen MR) is 106 cm³/mol. The van der Waals surface area contributed by atoms with Gasteiger partial charge in [-0.15, -0.1) is 11.3 Å². The number of fused-ring (bicyclic) bond motifs is 1. The van der Waals surface area contributed by atoms with Crippen molar-refractivity contribution in [3.63, 3.8) is 0 Å². The number of carbonyl (C=O) groups excluding carboxylic acids is 2. The van der Waals surface area contributed by atoms with Crippen LogP contribution in [0.4, 0.5) is 10.8 Å². The minimum absolute atomic E-state index is 0.0585. The van der Waals surface area contributed by atoms with Gasteiger partial charge < -0.3 is 10.2 Å². The second-order valence-corrected chi connectivity index (χ2v) is 8.64. The Labute approximate surface area is 158 Å². The number of hydrogen-bond donors (Lipinski definition) is 1. The van der Waals surface area contributed by atoms with E-state index in [2.05, 4.69) is 30.2 Å². The van der Waals surface area contributed by atoms with Crippen molar-refractivity contribution in [1.82, 2.24) is 4.98 Å². The maximum absolute atomic E-state index is 12.6. The fourth-order valence-electron chi connectivity index (χ4n) is 3.34. The summed E-state index contributed by atoms with van der Waals surface area (Å²) in [5.74, 6) is 0.0668.